The molecule has 0 aliphatic carbocycles. The minimum Gasteiger partial charge on any atom is -0.480 e. The van der Waals surface area contributed by atoms with E-state index in [4.69, 9.17) is 10.8 Å². The lowest BCUT2D eigenvalue weighted by Crippen LogP contribution is -2.58. The summed E-state index contributed by atoms with van der Waals surface area (Å²) in [5.41, 5.74) is 6.10. The van der Waals surface area contributed by atoms with Gasteiger partial charge in [-0.25, -0.2) is 9.78 Å². The highest BCUT2D eigenvalue weighted by molar-refractivity contribution is 5.94. The molecule has 0 saturated heterocycles. The third kappa shape index (κ3) is 7.42. The molecule has 0 bridgehead atoms. The van der Waals surface area contributed by atoms with E-state index in [2.05, 4.69) is 25.9 Å². The van der Waals surface area contributed by atoms with Crippen molar-refractivity contribution in [2.45, 2.75) is 63.6 Å². The molecular weight excluding hydrogens is 400 g/mol. The molecule has 168 valence electrons. The van der Waals surface area contributed by atoms with E-state index < -0.39 is 60.1 Å². The molecule has 0 saturated carbocycles. The summed E-state index contributed by atoms with van der Waals surface area (Å²) in [4.78, 5) is 54.7. The number of carbonyl (C=O) groups is 4. The number of rotatable bonds is 11. The Morgan fingerprint density at radius 1 is 1.03 bits per heavy atom. The van der Waals surface area contributed by atoms with Crippen molar-refractivity contribution in [3.05, 3.63) is 18.2 Å². The van der Waals surface area contributed by atoms with Gasteiger partial charge >= 0.3 is 5.97 Å². The van der Waals surface area contributed by atoms with E-state index in [0.717, 1.165) is 0 Å². The summed E-state index contributed by atoms with van der Waals surface area (Å²) >= 11 is 0. The standard InChI is InChI=1S/C17H28N6O7/c1-7(14(26)23-13(9(3)25)17(29)30)21-15(27)11(4-10-5-19-6-20-10)22-16(28)12(18)8(2)24/h5-9,11-13,24-25H,4,18H2,1-3H3,(H,19,20)(H,21,27)(H,22,28)(H,23,26)(H,29,30). The van der Waals surface area contributed by atoms with Crippen molar-refractivity contribution >= 4 is 23.7 Å². The minimum atomic E-state index is -1.55. The second-order valence-electron chi connectivity index (χ2n) is 6.90. The van der Waals surface area contributed by atoms with Gasteiger partial charge in [-0.3, -0.25) is 14.4 Å². The molecule has 3 amide bonds. The van der Waals surface area contributed by atoms with Gasteiger partial charge in [0.05, 0.1) is 18.5 Å². The zero-order valence-corrected chi connectivity index (χ0v) is 16.8. The van der Waals surface area contributed by atoms with Crippen LogP contribution in [0.1, 0.15) is 26.5 Å². The van der Waals surface area contributed by atoms with Gasteiger partial charge in [0, 0.05) is 18.3 Å². The highest BCUT2D eigenvalue weighted by atomic mass is 16.4. The minimum absolute atomic E-state index is 0.0101. The number of imidazole rings is 1. The molecule has 6 unspecified atom stereocenters. The Labute approximate surface area is 172 Å². The lowest BCUT2D eigenvalue weighted by Gasteiger charge is -2.24. The monoisotopic (exact) mass is 428 g/mol. The molecule has 0 aliphatic rings. The Morgan fingerprint density at radius 3 is 2.13 bits per heavy atom. The summed E-state index contributed by atoms with van der Waals surface area (Å²) in [5.74, 6) is -3.80. The number of H-pyrrole nitrogens is 1. The topological polar surface area (TPSA) is 220 Å². The summed E-state index contributed by atoms with van der Waals surface area (Å²) < 4.78 is 0. The van der Waals surface area contributed by atoms with Crippen LogP contribution in [0, 0.1) is 0 Å². The summed E-state index contributed by atoms with van der Waals surface area (Å²) in [6, 6.07) is -5.17. The van der Waals surface area contributed by atoms with Gasteiger partial charge in [0.25, 0.3) is 0 Å². The van der Waals surface area contributed by atoms with Crippen molar-refractivity contribution in [2.75, 3.05) is 0 Å². The van der Waals surface area contributed by atoms with E-state index in [9.17, 15) is 29.4 Å². The molecule has 9 N–H and O–H groups in total. The quantitative estimate of drug-likeness (QED) is 0.176. The first-order valence-electron chi connectivity index (χ1n) is 9.16. The molecule has 6 atom stereocenters. The van der Waals surface area contributed by atoms with Gasteiger partial charge in [-0.2, -0.15) is 0 Å². The van der Waals surface area contributed by atoms with Crippen LogP contribution >= 0.6 is 0 Å². The first-order valence-corrected chi connectivity index (χ1v) is 9.16. The third-order valence-corrected chi connectivity index (χ3v) is 4.23. The molecule has 13 nitrogen and oxygen atoms in total. The number of aliphatic hydroxyl groups excluding tert-OH is 2. The van der Waals surface area contributed by atoms with Crippen molar-refractivity contribution in [1.82, 2.24) is 25.9 Å². The molecule has 13 heteroatoms. The highest BCUT2D eigenvalue weighted by Gasteiger charge is 2.30. The molecule has 1 aromatic rings. The van der Waals surface area contributed by atoms with E-state index >= 15 is 0 Å². The van der Waals surface area contributed by atoms with Crippen LogP contribution in [-0.4, -0.2) is 85.4 Å². The van der Waals surface area contributed by atoms with Crippen molar-refractivity contribution in [1.29, 1.82) is 0 Å². The summed E-state index contributed by atoms with van der Waals surface area (Å²) in [5, 5.41) is 34.8. The van der Waals surface area contributed by atoms with Gasteiger partial charge in [0.15, 0.2) is 6.04 Å². The number of carboxylic acid groups (broad SMARTS) is 1. The van der Waals surface area contributed by atoms with Gasteiger partial charge in [-0.15, -0.1) is 0 Å². The summed E-state index contributed by atoms with van der Waals surface area (Å²) in [6.07, 6.45) is 0.301. The normalized spacial score (nSPS) is 17.0. The van der Waals surface area contributed by atoms with E-state index in [1.165, 1.54) is 33.3 Å². The van der Waals surface area contributed by atoms with Gasteiger partial charge < -0.3 is 42.0 Å². The van der Waals surface area contributed by atoms with Crippen LogP contribution in [0.5, 0.6) is 0 Å². The number of aliphatic hydroxyl groups is 2. The molecule has 0 spiro atoms. The summed E-state index contributed by atoms with van der Waals surface area (Å²) in [7, 11) is 0. The first-order chi connectivity index (χ1) is 13.9. The van der Waals surface area contributed by atoms with Crippen molar-refractivity contribution in [2.24, 2.45) is 5.73 Å². The van der Waals surface area contributed by atoms with Gasteiger partial charge in [0.1, 0.15) is 18.1 Å². The van der Waals surface area contributed by atoms with Gasteiger partial charge in [-0.05, 0) is 20.8 Å². The zero-order valence-electron chi connectivity index (χ0n) is 16.8. The molecule has 1 aromatic heterocycles. The number of aromatic amines is 1. The van der Waals surface area contributed by atoms with Crippen LogP contribution in [0.3, 0.4) is 0 Å². The molecular formula is C17H28N6O7. The average molecular weight is 428 g/mol. The van der Waals surface area contributed by atoms with Crippen molar-refractivity contribution in [3.8, 4) is 0 Å². The van der Waals surface area contributed by atoms with E-state index in [0.29, 0.717) is 5.69 Å². The van der Waals surface area contributed by atoms with E-state index in [1.54, 1.807) is 0 Å². The first kappa shape index (κ1) is 25.0. The lowest BCUT2D eigenvalue weighted by atomic mass is 10.1. The average Bonchev–Trinajstić information content (AvgIpc) is 3.16. The number of nitrogens with one attached hydrogen (secondary N) is 4. The predicted octanol–water partition coefficient (Wildman–Crippen LogP) is -3.40. The lowest BCUT2D eigenvalue weighted by molar-refractivity contribution is -0.145. The summed E-state index contributed by atoms with van der Waals surface area (Å²) in [6.45, 7) is 3.83. The maximum Gasteiger partial charge on any atom is 0.328 e. The number of nitrogens with two attached hydrogens (primary N) is 1. The molecule has 1 rings (SSSR count). The number of aliphatic carboxylic acids is 1. The van der Waals surface area contributed by atoms with Crippen LogP contribution in [0.15, 0.2) is 12.5 Å². The molecule has 0 aromatic carbocycles. The smallest absolute Gasteiger partial charge is 0.328 e. The molecule has 0 fully saturated rings. The van der Waals surface area contributed by atoms with Gasteiger partial charge in [-0.1, -0.05) is 0 Å². The molecule has 1 heterocycles. The van der Waals surface area contributed by atoms with Crippen LogP contribution in [0.4, 0.5) is 0 Å². The third-order valence-electron chi connectivity index (χ3n) is 4.23. The Balaban J connectivity index is 2.85. The van der Waals surface area contributed by atoms with Crippen LogP contribution in [-0.2, 0) is 25.6 Å². The Bertz CT molecular complexity index is 737. The fourth-order valence-corrected chi connectivity index (χ4v) is 2.36. The second kappa shape index (κ2) is 11.2. The zero-order chi connectivity index (χ0) is 23.0. The number of hydrogen-bond acceptors (Lipinski definition) is 8. The predicted molar refractivity (Wildman–Crippen MR) is 103 cm³/mol. The number of carboxylic acids is 1. The number of hydrogen-bond donors (Lipinski definition) is 8. The fraction of sp³-hybridized carbons (Fsp3) is 0.588. The molecule has 0 radical (unpaired) electrons. The number of amides is 3. The maximum atomic E-state index is 12.7. The Hall–Kier alpha value is -3.03. The molecule has 0 aliphatic heterocycles. The fourth-order valence-electron chi connectivity index (χ4n) is 2.36. The second-order valence-corrected chi connectivity index (χ2v) is 6.90. The number of nitrogens with zero attached hydrogens (tertiary/aromatic N) is 1. The Kier molecular flexibility index (Phi) is 9.36. The van der Waals surface area contributed by atoms with E-state index in [1.807, 2.05) is 0 Å². The van der Waals surface area contributed by atoms with Crippen LogP contribution < -0.4 is 21.7 Å². The highest BCUT2D eigenvalue weighted by Crippen LogP contribution is 2.02. The maximum absolute atomic E-state index is 12.7. The molecule has 30 heavy (non-hydrogen) atoms. The van der Waals surface area contributed by atoms with Crippen molar-refractivity contribution in [3.63, 3.8) is 0 Å². The van der Waals surface area contributed by atoms with Crippen LogP contribution in [0.2, 0.25) is 0 Å². The van der Waals surface area contributed by atoms with E-state index in [-0.39, 0.29) is 6.42 Å². The number of carbonyl (C=O) groups excluding carboxylic acids is 3. The number of aromatic nitrogens is 2. The van der Waals surface area contributed by atoms with Gasteiger partial charge in [0.2, 0.25) is 17.7 Å². The Morgan fingerprint density at radius 2 is 1.67 bits per heavy atom. The SMILES string of the molecule is CC(NC(=O)C(Cc1cnc[nH]1)NC(=O)C(N)C(C)O)C(=O)NC(C(=O)O)C(C)O. The van der Waals surface area contributed by atoms with Crippen LogP contribution in [0.25, 0.3) is 0 Å². The van der Waals surface area contributed by atoms with Crippen molar-refractivity contribution < 1.29 is 34.5 Å². The largest absolute Gasteiger partial charge is 0.480 e.